The van der Waals surface area contributed by atoms with Crippen LogP contribution in [-0.4, -0.2) is 19.5 Å². The molecule has 0 unspecified atom stereocenters. The topological polar surface area (TPSA) is 89.6 Å². The average molecular weight is 168 g/mol. The van der Waals surface area contributed by atoms with Crippen LogP contribution < -0.4 is 11.3 Å². The third-order valence-electron chi connectivity index (χ3n) is 1.43. The van der Waals surface area contributed by atoms with Gasteiger partial charge >= 0.3 is 0 Å². The van der Waals surface area contributed by atoms with Gasteiger partial charge in [0.25, 0.3) is 5.56 Å². The number of rotatable bonds is 0. The molecule has 0 fully saturated rings. The average Bonchev–Trinajstić information content (AvgIpc) is 2.45. The Morgan fingerprint density at radius 3 is 3.42 bits per heavy atom. The van der Waals surface area contributed by atoms with Crippen molar-refractivity contribution in [1.29, 1.82) is 0 Å². The van der Waals surface area contributed by atoms with Gasteiger partial charge in [-0.3, -0.25) is 9.78 Å². The number of anilines is 1. The van der Waals surface area contributed by atoms with E-state index in [0.29, 0.717) is 0 Å². The van der Waals surface area contributed by atoms with Crippen LogP contribution in [0, 0.1) is 0 Å². The lowest BCUT2D eigenvalue weighted by atomic mass is 10.5. The molecule has 0 amide bonds. The molecule has 0 saturated heterocycles. The Kier molecular flexibility index (Phi) is 0.731. The summed E-state index contributed by atoms with van der Waals surface area (Å²) in [5, 5.41) is 0. The lowest BCUT2D eigenvalue weighted by Crippen LogP contribution is -2.13. The third kappa shape index (κ3) is 0.777. The Balaban J connectivity index is 2.87. The van der Waals surface area contributed by atoms with Crippen molar-refractivity contribution in [3.63, 3.8) is 0 Å². The SMILES string of the molecule is [2H]C([2H])([2H])n1cnc2nc(N)[nH]c(=O)c21. The quantitative estimate of drug-likeness (QED) is 0.541. The second-order valence-corrected chi connectivity index (χ2v) is 2.24. The van der Waals surface area contributed by atoms with E-state index in [2.05, 4.69) is 15.0 Å². The van der Waals surface area contributed by atoms with Crippen LogP contribution in [0.15, 0.2) is 11.1 Å². The van der Waals surface area contributed by atoms with Crippen molar-refractivity contribution < 1.29 is 4.11 Å². The van der Waals surface area contributed by atoms with Gasteiger partial charge in [0.2, 0.25) is 5.95 Å². The highest BCUT2D eigenvalue weighted by Gasteiger charge is 2.05. The summed E-state index contributed by atoms with van der Waals surface area (Å²) in [4.78, 5) is 21.1. The number of H-pyrrole nitrogens is 1. The zero-order chi connectivity index (χ0) is 11.2. The first-order chi connectivity index (χ1) is 6.89. The molecule has 12 heavy (non-hydrogen) atoms. The normalized spacial score (nSPS) is 15.5. The van der Waals surface area contributed by atoms with Gasteiger partial charge in [-0.15, -0.1) is 0 Å². The fourth-order valence-electron chi connectivity index (χ4n) is 0.949. The first-order valence-electron chi connectivity index (χ1n) is 4.63. The summed E-state index contributed by atoms with van der Waals surface area (Å²) in [7, 11) is 0. The fourth-order valence-corrected chi connectivity index (χ4v) is 0.949. The molecule has 0 saturated carbocycles. The first kappa shape index (κ1) is 4.24. The van der Waals surface area contributed by atoms with E-state index in [1.807, 2.05) is 0 Å². The van der Waals surface area contributed by atoms with Gasteiger partial charge in [0.15, 0.2) is 11.2 Å². The molecule has 0 aliphatic carbocycles. The number of nitrogens with one attached hydrogen (secondary N) is 1. The molecule has 0 atom stereocenters. The van der Waals surface area contributed by atoms with Gasteiger partial charge in [-0.25, -0.2) is 4.98 Å². The molecule has 62 valence electrons. The van der Waals surface area contributed by atoms with Gasteiger partial charge < -0.3 is 10.3 Å². The van der Waals surface area contributed by atoms with E-state index in [1.54, 1.807) is 0 Å². The number of nitrogen functional groups attached to an aromatic ring is 1. The minimum atomic E-state index is -2.46. The van der Waals surface area contributed by atoms with Gasteiger partial charge in [-0.2, -0.15) is 4.98 Å². The Bertz CT molecular complexity index is 568. The van der Waals surface area contributed by atoms with Crippen molar-refractivity contribution in [2.75, 3.05) is 5.73 Å². The molecule has 6 heteroatoms. The number of hydrogen-bond donors (Lipinski definition) is 2. The van der Waals surface area contributed by atoms with Gasteiger partial charge in [0, 0.05) is 11.1 Å². The first-order valence-corrected chi connectivity index (χ1v) is 3.13. The molecule has 3 N–H and O–H groups in total. The summed E-state index contributed by atoms with van der Waals surface area (Å²) < 4.78 is 22.3. The van der Waals surface area contributed by atoms with Crippen LogP contribution in [0.1, 0.15) is 4.11 Å². The minimum Gasteiger partial charge on any atom is -0.369 e. The molecule has 0 radical (unpaired) electrons. The van der Waals surface area contributed by atoms with Crippen LogP contribution in [0.4, 0.5) is 5.95 Å². The molecule has 0 aliphatic heterocycles. The molecule has 2 heterocycles. The van der Waals surface area contributed by atoms with Gasteiger partial charge in [0.1, 0.15) is 0 Å². The standard InChI is InChI=1S/C6H7N5O/c1-11-2-8-4-3(11)5(12)10-6(7)9-4/h2H,1H3,(H3,7,9,10,12)/i1D3. The van der Waals surface area contributed by atoms with Gasteiger partial charge in [-0.05, 0) is 0 Å². The number of fused-ring (bicyclic) bond motifs is 1. The van der Waals surface area contributed by atoms with Crippen molar-refractivity contribution >= 4 is 17.1 Å². The Labute approximate surface area is 71.3 Å². The second-order valence-electron chi connectivity index (χ2n) is 2.24. The van der Waals surface area contributed by atoms with Crippen LogP contribution in [0.3, 0.4) is 0 Å². The van der Waals surface area contributed by atoms with Crippen LogP contribution in [0.5, 0.6) is 0 Å². The van der Waals surface area contributed by atoms with Crippen molar-refractivity contribution in [2.45, 2.75) is 0 Å². The fraction of sp³-hybridized carbons (Fsp3) is 0.167. The summed E-state index contributed by atoms with van der Waals surface area (Å²) in [6, 6.07) is 0. The van der Waals surface area contributed by atoms with Crippen molar-refractivity contribution in [3.05, 3.63) is 16.7 Å². The predicted octanol–water partition coefficient (Wildman–Crippen LogP) is -0.761. The van der Waals surface area contributed by atoms with Crippen LogP contribution in [-0.2, 0) is 6.98 Å². The number of aromatic amines is 1. The molecule has 2 aromatic rings. The lowest BCUT2D eigenvalue weighted by Gasteiger charge is -1.93. The number of aryl methyl sites for hydroxylation is 1. The second kappa shape index (κ2) is 2.07. The summed E-state index contributed by atoms with van der Waals surface area (Å²) >= 11 is 0. The zero-order valence-corrected chi connectivity index (χ0v) is 5.90. The molecule has 0 aromatic carbocycles. The third-order valence-corrected chi connectivity index (χ3v) is 1.43. The maximum atomic E-state index is 11.4. The molecule has 0 bridgehead atoms. The van der Waals surface area contributed by atoms with Gasteiger partial charge in [-0.1, -0.05) is 0 Å². The maximum Gasteiger partial charge on any atom is 0.278 e. The molecule has 2 rings (SSSR count). The highest BCUT2D eigenvalue weighted by atomic mass is 16.1. The number of aromatic nitrogens is 4. The smallest absolute Gasteiger partial charge is 0.278 e. The van der Waals surface area contributed by atoms with E-state index in [9.17, 15) is 4.79 Å². The summed E-state index contributed by atoms with van der Waals surface area (Å²) in [5.74, 6) is -0.0942. The Morgan fingerprint density at radius 2 is 2.67 bits per heavy atom. The lowest BCUT2D eigenvalue weighted by molar-refractivity contribution is 0.939. The highest BCUT2D eigenvalue weighted by Crippen LogP contribution is 2.02. The van der Waals surface area contributed by atoms with E-state index in [0.717, 1.165) is 10.9 Å². The van der Waals surface area contributed by atoms with Crippen molar-refractivity contribution in [3.8, 4) is 0 Å². The summed E-state index contributed by atoms with van der Waals surface area (Å²) in [6.45, 7) is -2.46. The maximum absolute atomic E-state index is 11.4. The minimum absolute atomic E-state index is 0.0207. The highest BCUT2D eigenvalue weighted by molar-refractivity contribution is 5.70. The predicted molar refractivity (Wildman–Crippen MR) is 43.5 cm³/mol. The van der Waals surface area contributed by atoms with E-state index in [1.165, 1.54) is 0 Å². The van der Waals surface area contributed by atoms with Gasteiger partial charge in [0.05, 0.1) is 6.33 Å². The Hall–Kier alpha value is -1.85. The summed E-state index contributed by atoms with van der Waals surface area (Å²) in [5.41, 5.74) is 4.58. The van der Waals surface area contributed by atoms with Crippen LogP contribution in [0.2, 0.25) is 0 Å². The van der Waals surface area contributed by atoms with Crippen LogP contribution in [0.25, 0.3) is 11.2 Å². The number of imidazole rings is 1. The molecular weight excluding hydrogens is 158 g/mol. The van der Waals surface area contributed by atoms with E-state index < -0.39 is 12.5 Å². The number of nitrogens with two attached hydrogens (primary N) is 1. The van der Waals surface area contributed by atoms with Crippen molar-refractivity contribution in [1.82, 2.24) is 19.5 Å². The molecule has 0 aliphatic rings. The van der Waals surface area contributed by atoms with Crippen molar-refractivity contribution in [2.24, 2.45) is 6.98 Å². The monoisotopic (exact) mass is 168 g/mol. The number of nitrogens with zero attached hydrogens (tertiary/aromatic N) is 3. The van der Waals surface area contributed by atoms with E-state index in [4.69, 9.17) is 9.85 Å². The van der Waals surface area contributed by atoms with E-state index in [-0.39, 0.29) is 17.1 Å². The van der Waals surface area contributed by atoms with Crippen LogP contribution >= 0.6 is 0 Å². The molecule has 0 spiro atoms. The largest absolute Gasteiger partial charge is 0.369 e. The molecule has 6 nitrogen and oxygen atoms in total. The zero-order valence-electron chi connectivity index (χ0n) is 8.90. The van der Waals surface area contributed by atoms with E-state index >= 15 is 0 Å². The Morgan fingerprint density at radius 1 is 1.83 bits per heavy atom. The summed E-state index contributed by atoms with van der Waals surface area (Å²) in [6.07, 6.45) is 1.04. The molecule has 2 aromatic heterocycles. The molecular formula is C6H7N5O. The number of hydrogen-bond acceptors (Lipinski definition) is 4.